The van der Waals surface area contributed by atoms with E-state index < -0.39 is 0 Å². The Kier molecular flexibility index (Phi) is 4.25. The van der Waals surface area contributed by atoms with Crippen LogP contribution >= 0.6 is 7.92 Å². The summed E-state index contributed by atoms with van der Waals surface area (Å²) in [7, 11) is 1.31. The summed E-state index contributed by atoms with van der Waals surface area (Å²) in [5.41, 5.74) is 1.78. The van der Waals surface area contributed by atoms with Crippen LogP contribution < -0.4 is 9.47 Å². The molecule has 0 atom stereocenters. The summed E-state index contributed by atoms with van der Waals surface area (Å²) in [5.74, 6) is 3.54. The van der Waals surface area contributed by atoms with E-state index in [4.69, 9.17) is 9.47 Å². The fourth-order valence-corrected chi connectivity index (χ4v) is 1.86. The van der Waals surface area contributed by atoms with Crippen LogP contribution in [0.1, 0.15) is 0 Å². The van der Waals surface area contributed by atoms with Crippen molar-refractivity contribution in [1.29, 1.82) is 0 Å². The molecule has 3 nitrogen and oxygen atoms in total. The number of hydrogen-bond donors (Lipinski definition) is 0. The summed E-state index contributed by atoms with van der Waals surface area (Å²) in [6.45, 7) is 0. The second-order valence-electron chi connectivity index (χ2n) is 3.48. The zero-order chi connectivity index (χ0) is 12.8. The quantitative estimate of drug-likeness (QED) is 0.782. The van der Waals surface area contributed by atoms with Crippen molar-refractivity contribution in [1.82, 2.24) is 0 Å². The maximum atomic E-state index is 10.4. The van der Waals surface area contributed by atoms with Crippen molar-refractivity contribution in [3.05, 3.63) is 48.5 Å². The van der Waals surface area contributed by atoms with Crippen LogP contribution in [0.4, 0.5) is 0 Å². The molecule has 0 aliphatic heterocycles. The zero-order valence-corrected chi connectivity index (χ0v) is 10.7. The molecule has 2 rings (SSSR count). The number of hydrogen-bond acceptors (Lipinski definition) is 3. The van der Waals surface area contributed by atoms with Crippen molar-refractivity contribution >= 4 is 7.92 Å². The van der Waals surface area contributed by atoms with E-state index in [9.17, 15) is 4.57 Å². The Morgan fingerprint density at radius 1 is 1.00 bits per heavy atom. The van der Waals surface area contributed by atoms with Gasteiger partial charge in [-0.1, -0.05) is 0 Å². The van der Waals surface area contributed by atoms with Crippen LogP contribution in [0.15, 0.2) is 48.5 Å². The van der Waals surface area contributed by atoms with Gasteiger partial charge in [-0.15, -0.1) is 0 Å². The fourth-order valence-electron chi connectivity index (χ4n) is 1.72. The molecule has 2 aromatic rings. The van der Waals surface area contributed by atoms with Gasteiger partial charge in [0.05, 0.1) is 0 Å². The van der Waals surface area contributed by atoms with Crippen molar-refractivity contribution in [3.63, 3.8) is 0 Å². The molecule has 0 saturated carbocycles. The molecule has 0 aliphatic carbocycles. The zero-order valence-electron chi connectivity index (χ0n) is 9.79. The van der Waals surface area contributed by atoms with Crippen molar-refractivity contribution in [3.8, 4) is 28.4 Å². The molecule has 90 valence electrons. The fraction of sp³-hybridized carbons (Fsp3) is 0.0714. The van der Waals surface area contributed by atoms with Crippen LogP contribution in [0.3, 0.4) is 0 Å². The minimum atomic E-state index is -0.289. The molecule has 0 spiro atoms. The van der Waals surface area contributed by atoms with Gasteiger partial charge in [0.15, 0.2) is 0 Å². The summed E-state index contributed by atoms with van der Waals surface area (Å²) in [4.78, 5) is 0. The van der Waals surface area contributed by atoms with E-state index >= 15 is 0 Å². The first-order chi connectivity index (χ1) is 8.86. The minimum absolute atomic E-state index is 0.289. The molecular formula is C14H11O3P. The van der Waals surface area contributed by atoms with Gasteiger partial charge in [0.25, 0.3) is 0 Å². The normalized spacial score (nSPS) is 9.39. The number of rotatable bonds is 3. The van der Waals surface area contributed by atoms with Gasteiger partial charge in [-0.3, -0.25) is 0 Å². The summed E-state index contributed by atoms with van der Waals surface area (Å²) in [6.07, 6.45) is 0. The van der Waals surface area contributed by atoms with Gasteiger partial charge in [0.1, 0.15) is 0 Å². The van der Waals surface area contributed by atoms with Crippen LogP contribution in [0.25, 0.3) is 11.1 Å². The maximum absolute atomic E-state index is 10.4. The average molecular weight is 258 g/mol. The van der Waals surface area contributed by atoms with Crippen molar-refractivity contribution < 1.29 is 14.0 Å². The van der Waals surface area contributed by atoms with Gasteiger partial charge < -0.3 is 0 Å². The van der Waals surface area contributed by atoms with Gasteiger partial charge >= 0.3 is 106 Å². The van der Waals surface area contributed by atoms with Gasteiger partial charge in [-0.2, -0.15) is 0 Å². The van der Waals surface area contributed by atoms with E-state index in [1.807, 2.05) is 42.5 Å². The van der Waals surface area contributed by atoms with Crippen molar-refractivity contribution in [2.45, 2.75) is 0 Å². The molecule has 4 heteroatoms. The molecule has 0 saturated heterocycles. The third kappa shape index (κ3) is 2.65. The first kappa shape index (κ1) is 12.5. The SMILES string of the molecule is COc1cccc(OC#P=O)c1-c1ccccc1. The predicted molar refractivity (Wildman–Crippen MR) is 70.6 cm³/mol. The topological polar surface area (TPSA) is 35.5 Å². The Bertz CT molecular complexity index is 632. The predicted octanol–water partition coefficient (Wildman–Crippen LogP) is 3.95. The van der Waals surface area contributed by atoms with Crippen molar-refractivity contribution in [2.24, 2.45) is 0 Å². The number of ether oxygens (including phenoxy) is 2. The number of benzene rings is 2. The van der Waals surface area contributed by atoms with Gasteiger partial charge in [-0.25, -0.2) is 0 Å². The summed E-state index contributed by atoms with van der Waals surface area (Å²) >= 11 is 0. The molecule has 0 unspecified atom stereocenters. The van der Waals surface area contributed by atoms with E-state index in [-0.39, 0.29) is 7.92 Å². The monoisotopic (exact) mass is 258 g/mol. The Hall–Kier alpha value is -1.95. The Morgan fingerprint density at radius 3 is 2.39 bits per heavy atom. The summed E-state index contributed by atoms with van der Waals surface area (Å²) in [5, 5.41) is 0. The summed E-state index contributed by atoms with van der Waals surface area (Å²) < 4.78 is 21.0. The third-order valence-electron chi connectivity index (χ3n) is 2.46. The molecule has 0 aliphatic rings. The van der Waals surface area contributed by atoms with Crippen LogP contribution in [0.2, 0.25) is 0 Å². The molecule has 0 fully saturated rings. The van der Waals surface area contributed by atoms with Crippen molar-refractivity contribution in [2.75, 3.05) is 7.11 Å². The first-order valence-electron chi connectivity index (χ1n) is 5.33. The van der Waals surface area contributed by atoms with Crippen LogP contribution in [0.5, 0.6) is 11.5 Å². The second-order valence-corrected chi connectivity index (χ2v) is 3.85. The van der Waals surface area contributed by atoms with E-state index in [2.05, 4.69) is 5.81 Å². The van der Waals surface area contributed by atoms with Crippen LogP contribution in [-0.2, 0) is 4.57 Å². The van der Waals surface area contributed by atoms with Gasteiger partial charge in [-0.05, 0) is 0 Å². The Labute approximate surface area is 106 Å². The van der Waals surface area contributed by atoms with E-state index in [0.717, 1.165) is 11.1 Å². The standard InChI is InChI=1S/C14H11O3P/c1-16-12-8-5-9-13(17-10-18-15)14(12)11-6-3-2-4-7-11/h2-9H,1H3. The molecule has 0 bridgehead atoms. The molecule has 0 amide bonds. The van der Waals surface area contributed by atoms with Gasteiger partial charge in [0.2, 0.25) is 0 Å². The molecule has 0 N–H and O–H groups in total. The Balaban J connectivity index is 2.60. The molecule has 0 radical (unpaired) electrons. The van der Waals surface area contributed by atoms with Crippen LogP contribution in [0, 0.1) is 5.81 Å². The molecule has 18 heavy (non-hydrogen) atoms. The van der Waals surface area contributed by atoms with Gasteiger partial charge in [0, 0.05) is 0 Å². The first-order valence-corrected chi connectivity index (χ1v) is 6.14. The van der Waals surface area contributed by atoms with Crippen LogP contribution in [-0.4, -0.2) is 7.11 Å². The Morgan fingerprint density at radius 2 is 1.72 bits per heavy atom. The molecule has 0 heterocycles. The molecule has 2 aromatic carbocycles. The molecule has 0 aromatic heterocycles. The van der Waals surface area contributed by atoms with E-state index in [1.165, 1.54) is 0 Å². The second kappa shape index (κ2) is 6.11. The average Bonchev–Trinajstić information content (AvgIpc) is 2.45. The molecular weight excluding hydrogens is 247 g/mol. The van der Waals surface area contributed by atoms with E-state index in [0.29, 0.717) is 11.5 Å². The number of methoxy groups -OCH3 is 1. The van der Waals surface area contributed by atoms with E-state index in [1.54, 1.807) is 13.2 Å². The summed E-state index contributed by atoms with van der Waals surface area (Å²) in [6, 6.07) is 15.2. The third-order valence-corrected chi connectivity index (χ3v) is 2.63.